The molecule has 2 aromatic rings. The van der Waals surface area contributed by atoms with E-state index in [0.29, 0.717) is 16.7 Å². The summed E-state index contributed by atoms with van der Waals surface area (Å²) in [5.74, 6) is 1.24. The second kappa shape index (κ2) is 6.50. The molecule has 0 saturated carbocycles. The van der Waals surface area contributed by atoms with Crippen molar-refractivity contribution < 1.29 is 12.9 Å². The highest BCUT2D eigenvalue weighted by atomic mass is 32.2. The number of aryl methyl sites for hydroxylation is 2. The third kappa shape index (κ3) is 3.16. The van der Waals surface area contributed by atoms with Crippen molar-refractivity contribution in [3.63, 3.8) is 0 Å². The van der Waals surface area contributed by atoms with E-state index in [-0.39, 0.29) is 6.04 Å². The van der Waals surface area contributed by atoms with Gasteiger partial charge in [0, 0.05) is 37.8 Å². The molecule has 0 radical (unpaired) electrons. The van der Waals surface area contributed by atoms with Crippen LogP contribution in [0.2, 0.25) is 0 Å². The van der Waals surface area contributed by atoms with Crippen molar-refractivity contribution in [1.82, 2.24) is 14.4 Å². The molecule has 5 rings (SSSR count). The standard InChI is InChI=1S/C17H23N3O3S2/c1-12-16(13(2)23-18-12)11-19-8-14-5-6-15(10-19)20(9-14)25(21,22)17-4-3-7-24-17/h3-4,7,14-15H,5-6,8-11H2,1-2H3. The van der Waals surface area contributed by atoms with Gasteiger partial charge >= 0.3 is 0 Å². The Labute approximate surface area is 152 Å². The molecule has 136 valence electrons. The van der Waals surface area contributed by atoms with Crippen molar-refractivity contribution in [2.45, 2.75) is 43.5 Å². The van der Waals surface area contributed by atoms with Gasteiger partial charge in [-0.15, -0.1) is 11.3 Å². The fourth-order valence-corrected chi connectivity index (χ4v) is 6.88. The summed E-state index contributed by atoms with van der Waals surface area (Å²) in [4.78, 5) is 2.37. The zero-order valence-corrected chi connectivity index (χ0v) is 16.1. The number of hydrogen-bond acceptors (Lipinski definition) is 6. The van der Waals surface area contributed by atoms with Gasteiger partial charge in [-0.2, -0.15) is 4.31 Å². The van der Waals surface area contributed by atoms with Gasteiger partial charge in [0.25, 0.3) is 10.0 Å². The van der Waals surface area contributed by atoms with Crippen LogP contribution in [0.3, 0.4) is 0 Å². The molecule has 0 amide bonds. The van der Waals surface area contributed by atoms with Crippen LogP contribution in [0.4, 0.5) is 0 Å². The number of rotatable bonds is 4. The molecule has 5 heterocycles. The van der Waals surface area contributed by atoms with Gasteiger partial charge in [-0.3, -0.25) is 4.90 Å². The van der Waals surface area contributed by atoms with Gasteiger partial charge < -0.3 is 4.52 Å². The highest BCUT2D eigenvalue weighted by Crippen LogP contribution is 2.34. The molecule has 3 fully saturated rings. The second-order valence-electron chi connectivity index (χ2n) is 7.10. The summed E-state index contributed by atoms with van der Waals surface area (Å²) >= 11 is 1.30. The number of piperidine rings is 1. The van der Waals surface area contributed by atoms with Gasteiger partial charge in [0.05, 0.1) is 5.69 Å². The van der Waals surface area contributed by atoms with Crippen LogP contribution in [0.25, 0.3) is 0 Å². The first-order valence-corrected chi connectivity index (χ1v) is 11.0. The van der Waals surface area contributed by atoms with E-state index in [1.807, 2.05) is 19.2 Å². The van der Waals surface area contributed by atoms with Gasteiger partial charge in [-0.05, 0) is 44.1 Å². The third-order valence-corrected chi connectivity index (χ3v) is 8.65. The van der Waals surface area contributed by atoms with E-state index in [1.165, 1.54) is 11.3 Å². The van der Waals surface area contributed by atoms with Crippen LogP contribution in [0.1, 0.15) is 29.9 Å². The quantitative estimate of drug-likeness (QED) is 0.814. The minimum Gasteiger partial charge on any atom is -0.361 e. The fourth-order valence-electron chi connectivity index (χ4n) is 4.04. The predicted molar refractivity (Wildman–Crippen MR) is 96.0 cm³/mol. The SMILES string of the molecule is Cc1noc(C)c1CN1CC2CCC(C1)N(S(=O)(=O)c1cccs1)C2. The van der Waals surface area contributed by atoms with Crippen molar-refractivity contribution in [3.05, 3.63) is 34.5 Å². The Morgan fingerprint density at radius 1 is 1.28 bits per heavy atom. The van der Waals surface area contributed by atoms with Gasteiger partial charge in [-0.1, -0.05) is 11.2 Å². The molecule has 2 aromatic heterocycles. The first kappa shape index (κ1) is 17.2. The van der Waals surface area contributed by atoms with E-state index in [4.69, 9.17) is 4.52 Å². The Kier molecular flexibility index (Phi) is 4.47. The second-order valence-corrected chi connectivity index (χ2v) is 10.2. The van der Waals surface area contributed by atoms with Crippen molar-refractivity contribution in [1.29, 1.82) is 0 Å². The topological polar surface area (TPSA) is 66.7 Å². The predicted octanol–water partition coefficient (Wildman–Crippen LogP) is 2.64. The lowest BCUT2D eigenvalue weighted by Crippen LogP contribution is -2.47. The average Bonchev–Trinajstić information content (AvgIpc) is 3.13. The Morgan fingerprint density at radius 3 is 2.80 bits per heavy atom. The third-order valence-electron chi connectivity index (χ3n) is 5.36. The van der Waals surface area contributed by atoms with Gasteiger partial charge in [-0.25, -0.2) is 8.42 Å². The van der Waals surface area contributed by atoms with Crippen molar-refractivity contribution >= 4 is 21.4 Å². The van der Waals surface area contributed by atoms with E-state index in [1.54, 1.807) is 16.4 Å². The van der Waals surface area contributed by atoms with Crippen LogP contribution in [0.15, 0.2) is 26.2 Å². The van der Waals surface area contributed by atoms with Gasteiger partial charge in [0.1, 0.15) is 9.97 Å². The van der Waals surface area contributed by atoms with Gasteiger partial charge in [0.2, 0.25) is 0 Å². The Bertz CT molecular complexity index is 825. The molecule has 0 aliphatic carbocycles. The Balaban J connectivity index is 1.57. The molecule has 0 aromatic carbocycles. The normalized spacial score (nSPS) is 25.4. The maximum Gasteiger partial charge on any atom is 0.252 e. The molecule has 8 heteroatoms. The lowest BCUT2D eigenvalue weighted by molar-refractivity contribution is 0.226. The van der Waals surface area contributed by atoms with Crippen LogP contribution in [0.5, 0.6) is 0 Å². The Morgan fingerprint density at radius 2 is 2.12 bits per heavy atom. The summed E-state index contributed by atoms with van der Waals surface area (Å²) in [6, 6.07) is 3.56. The number of fused-ring (bicyclic) bond motifs is 4. The lowest BCUT2D eigenvalue weighted by atomic mass is 9.97. The highest BCUT2D eigenvalue weighted by molar-refractivity contribution is 7.91. The number of thiophene rings is 1. The summed E-state index contributed by atoms with van der Waals surface area (Å²) in [5, 5.41) is 5.87. The molecule has 3 aliphatic heterocycles. The Hall–Kier alpha value is -1.22. The maximum atomic E-state index is 13.0. The van der Waals surface area contributed by atoms with Crippen molar-refractivity contribution in [3.8, 4) is 0 Å². The summed E-state index contributed by atoms with van der Waals surface area (Å²) < 4.78 is 33.5. The summed E-state index contributed by atoms with van der Waals surface area (Å²) in [7, 11) is -3.38. The van der Waals surface area contributed by atoms with Crippen LogP contribution in [-0.2, 0) is 16.6 Å². The van der Waals surface area contributed by atoms with E-state index < -0.39 is 10.0 Å². The molecule has 0 spiro atoms. The molecule has 2 unspecified atom stereocenters. The minimum absolute atomic E-state index is 0.0475. The van der Waals surface area contributed by atoms with E-state index in [0.717, 1.165) is 49.5 Å². The van der Waals surface area contributed by atoms with Gasteiger partial charge in [0.15, 0.2) is 0 Å². The molecular formula is C17H23N3O3S2. The number of nitrogens with zero attached hydrogens (tertiary/aromatic N) is 3. The zero-order chi connectivity index (χ0) is 17.6. The number of sulfonamides is 1. The summed E-state index contributed by atoms with van der Waals surface area (Å²) in [6.45, 7) is 7.01. The zero-order valence-electron chi connectivity index (χ0n) is 14.5. The summed E-state index contributed by atoms with van der Waals surface area (Å²) in [6.07, 6.45) is 2.03. The molecule has 3 aliphatic rings. The van der Waals surface area contributed by atoms with E-state index >= 15 is 0 Å². The number of aromatic nitrogens is 1. The molecule has 2 atom stereocenters. The fraction of sp³-hybridized carbons (Fsp3) is 0.588. The lowest BCUT2D eigenvalue weighted by Gasteiger charge is -2.34. The first-order valence-electron chi connectivity index (χ1n) is 8.64. The molecule has 3 saturated heterocycles. The largest absolute Gasteiger partial charge is 0.361 e. The first-order chi connectivity index (χ1) is 11.9. The summed E-state index contributed by atoms with van der Waals surface area (Å²) in [5.41, 5.74) is 2.06. The van der Waals surface area contributed by atoms with Crippen molar-refractivity contribution in [2.24, 2.45) is 5.92 Å². The van der Waals surface area contributed by atoms with Crippen LogP contribution >= 0.6 is 11.3 Å². The monoisotopic (exact) mass is 381 g/mol. The average molecular weight is 382 g/mol. The maximum absolute atomic E-state index is 13.0. The van der Waals surface area contributed by atoms with Crippen LogP contribution in [-0.4, -0.2) is 48.5 Å². The van der Waals surface area contributed by atoms with Crippen LogP contribution in [0, 0.1) is 19.8 Å². The van der Waals surface area contributed by atoms with E-state index in [2.05, 4.69) is 10.1 Å². The van der Waals surface area contributed by atoms with Crippen LogP contribution < -0.4 is 0 Å². The molecule has 0 N–H and O–H groups in total. The molecular weight excluding hydrogens is 358 g/mol. The molecule has 6 nitrogen and oxygen atoms in total. The molecule has 25 heavy (non-hydrogen) atoms. The molecule has 2 bridgehead atoms. The number of hydrogen-bond donors (Lipinski definition) is 0. The van der Waals surface area contributed by atoms with Crippen molar-refractivity contribution in [2.75, 3.05) is 19.6 Å². The smallest absolute Gasteiger partial charge is 0.252 e. The minimum atomic E-state index is -3.38. The highest BCUT2D eigenvalue weighted by Gasteiger charge is 2.41. The van der Waals surface area contributed by atoms with E-state index in [9.17, 15) is 8.42 Å².